The summed E-state index contributed by atoms with van der Waals surface area (Å²) in [7, 11) is 3.38. The van der Waals surface area contributed by atoms with Gasteiger partial charge in [0.25, 0.3) is 0 Å². The van der Waals surface area contributed by atoms with E-state index in [1.165, 1.54) is 0 Å². The predicted molar refractivity (Wildman–Crippen MR) is 135 cm³/mol. The highest BCUT2D eigenvalue weighted by molar-refractivity contribution is 9.13. The maximum Gasteiger partial charge on any atom is 0.162 e. The van der Waals surface area contributed by atoms with Crippen molar-refractivity contribution in [1.82, 2.24) is 0 Å². The summed E-state index contributed by atoms with van der Waals surface area (Å²) in [5.41, 5.74) is 0. The summed E-state index contributed by atoms with van der Waals surface area (Å²) in [5.74, 6) is 1.57. The maximum absolute atomic E-state index is 6.02. The quantitative estimate of drug-likeness (QED) is 0.147. The van der Waals surface area contributed by atoms with E-state index in [2.05, 4.69) is 31.9 Å². The standard InChI is InChI=1S/C24H40Br2O6/c1-27-15-17-29-11-7-3-5-9-13-31-23-19-21(25)22(26)20-24(23)32-14-10-6-4-8-12-30-18-16-28-2/h19-20H,3-18H2,1-2H3. The molecule has 0 heterocycles. The molecule has 0 fully saturated rings. The fraction of sp³-hybridized carbons (Fsp3) is 0.750. The third-order valence-electron chi connectivity index (χ3n) is 4.73. The van der Waals surface area contributed by atoms with Crippen LogP contribution in [0.4, 0.5) is 0 Å². The summed E-state index contributed by atoms with van der Waals surface area (Å²) < 4.78 is 34.9. The van der Waals surface area contributed by atoms with Gasteiger partial charge in [0.2, 0.25) is 0 Å². The zero-order valence-electron chi connectivity index (χ0n) is 19.7. The van der Waals surface area contributed by atoms with E-state index in [1.54, 1.807) is 14.2 Å². The van der Waals surface area contributed by atoms with Crippen LogP contribution in [0.2, 0.25) is 0 Å². The van der Waals surface area contributed by atoms with Gasteiger partial charge in [0.1, 0.15) is 0 Å². The van der Waals surface area contributed by atoms with Gasteiger partial charge in [0.05, 0.1) is 39.6 Å². The number of hydrogen-bond donors (Lipinski definition) is 0. The highest BCUT2D eigenvalue weighted by Gasteiger charge is 2.10. The highest BCUT2D eigenvalue weighted by Crippen LogP contribution is 2.36. The second-order valence-electron chi connectivity index (χ2n) is 7.45. The summed E-state index contributed by atoms with van der Waals surface area (Å²) in [6.45, 7) is 5.60. The number of unbranched alkanes of at least 4 members (excludes halogenated alkanes) is 6. The zero-order valence-corrected chi connectivity index (χ0v) is 22.8. The number of methoxy groups -OCH3 is 2. The molecule has 32 heavy (non-hydrogen) atoms. The summed E-state index contributed by atoms with van der Waals surface area (Å²) in [4.78, 5) is 0. The lowest BCUT2D eigenvalue weighted by Crippen LogP contribution is -2.04. The molecule has 1 aromatic carbocycles. The molecule has 0 aliphatic heterocycles. The minimum Gasteiger partial charge on any atom is -0.490 e. The van der Waals surface area contributed by atoms with Crippen molar-refractivity contribution in [1.29, 1.82) is 0 Å². The van der Waals surface area contributed by atoms with Gasteiger partial charge in [-0.1, -0.05) is 12.8 Å². The molecule has 0 amide bonds. The molecule has 0 bridgehead atoms. The van der Waals surface area contributed by atoms with Gasteiger partial charge in [-0.2, -0.15) is 0 Å². The Kier molecular flexibility index (Phi) is 19.6. The largest absolute Gasteiger partial charge is 0.490 e. The monoisotopic (exact) mass is 582 g/mol. The normalized spacial score (nSPS) is 11.1. The molecular formula is C24H40Br2O6. The van der Waals surface area contributed by atoms with Crippen LogP contribution in [0.25, 0.3) is 0 Å². The zero-order chi connectivity index (χ0) is 23.3. The fourth-order valence-corrected chi connectivity index (χ4v) is 3.55. The topological polar surface area (TPSA) is 55.4 Å². The Morgan fingerprint density at radius 1 is 0.500 bits per heavy atom. The molecule has 0 saturated carbocycles. The van der Waals surface area contributed by atoms with Gasteiger partial charge in [0.15, 0.2) is 11.5 Å². The van der Waals surface area contributed by atoms with E-state index < -0.39 is 0 Å². The molecule has 0 N–H and O–H groups in total. The van der Waals surface area contributed by atoms with Gasteiger partial charge >= 0.3 is 0 Å². The van der Waals surface area contributed by atoms with Crippen LogP contribution in [0, 0.1) is 0 Å². The van der Waals surface area contributed by atoms with E-state index in [0.717, 1.165) is 85.0 Å². The first-order valence-electron chi connectivity index (χ1n) is 11.6. The van der Waals surface area contributed by atoms with Gasteiger partial charge in [0, 0.05) is 36.4 Å². The number of rotatable bonds is 22. The minimum atomic E-state index is 0.658. The predicted octanol–water partition coefficient (Wildman–Crippen LogP) is 6.42. The summed E-state index contributed by atoms with van der Waals surface area (Å²) in [6, 6.07) is 3.95. The van der Waals surface area contributed by atoms with Crippen LogP contribution in [0.1, 0.15) is 51.4 Å². The summed E-state index contributed by atoms with van der Waals surface area (Å²) in [6.07, 6.45) is 8.69. The van der Waals surface area contributed by atoms with Crippen LogP contribution in [0.3, 0.4) is 0 Å². The number of ether oxygens (including phenoxy) is 6. The maximum atomic E-state index is 6.02. The van der Waals surface area contributed by atoms with Crippen molar-refractivity contribution in [3.63, 3.8) is 0 Å². The van der Waals surface area contributed by atoms with Crippen molar-refractivity contribution in [3.8, 4) is 11.5 Å². The van der Waals surface area contributed by atoms with Crippen LogP contribution >= 0.6 is 31.9 Å². The second-order valence-corrected chi connectivity index (χ2v) is 9.16. The molecule has 1 rings (SSSR count). The van der Waals surface area contributed by atoms with Crippen LogP contribution in [-0.2, 0) is 18.9 Å². The van der Waals surface area contributed by atoms with E-state index in [4.69, 9.17) is 28.4 Å². The van der Waals surface area contributed by atoms with Crippen molar-refractivity contribution in [3.05, 3.63) is 21.1 Å². The minimum absolute atomic E-state index is 0.658. The number of benzene rings is 1. The van der Waals surface area contributed by atoms with E-state index in [1.807, 2.05) is 12.1 Å². The Hall–Kier alpha value is -0.380. The SMILES string of the molecule is COCCOCCCCCCOc1cc(Br)c(Br)cc1OCCCCCCOCCOC. The molecule has 0 aromatic heterocycles. The lowest BCUT2D eigenvalue weighted by atomic mass is 10.2. The third kappa shape index (κ3) is 15.5. The van der Waals surface area contributed by atoms with E-state index in [9.17, 15) is 0 Å². The molecule has 0 atom stereocenters. The van der Waals surface area contributed by atoms with Crippen molar-refractivity contribution >= 4 is 31.9 Å². The molecule has 0 radical (unpaired) electrons. The molecule has 0 unspecified atom stereocenters. The Morgan fingerprint density at radius 2 is 0.875 bits per heavy atom. The van der Waals surface area contributed by atoms with Gasteiger partial charge in [-0.15, -0.1) is 0 Å². The Labute approximate surface area is 210 Å². The van der Waals surface area contributed by atoms with E-state index in [-0.39, 0.29) is 0 Å². The first kappa shape index (κ1) is 29.7. The smallest absolute Gasteiger partial charge is 0.162 e. The molecule has 186 valence electrons. The first-order valence-corrected chi connectivity index (χ1v) is 13.2. The van der Waals surface area contributed by atoms with Crippen LogP contribution in [-0.4, -0.2) is 67.1 Å². The Morgan fingerprint density at radius 3 is 1.25 bits per heavy atom. The molecule has 0 spiro atoms. The Bertz CT molecular complexity index is 525. The molecule has 0 aliphatic carbocycles. The first-order chi connectivity index (χ1) is 15.7. The average molecular weight is 584 g/mol. The molecule has 0 aliphatic rings. The summed E-state index contributed by atoms with van der Waals surface area (Å²) in [5, 5.41) is 0. The van der Waals surface area contributed by atoms with Crippen molar-refractivity contribution in [2.75, 3.05) is 67.1 Å². The van der Waals surface area contributed by atoms with Crippen LogP contribution in [0.5, 0.6) is 11.5 Å². The van der Waals surface area contributed by atoms with Gasteiger partial charge in [-0.3, -0.25) is 0 Å². The van der Waals surface area contributed by atoms with Crippen molar-refractivity contribution < 1.29 is 28.4 Å². The lowest BCUT2D eigenvalue weighted by molar-refractivity contribution is 0.0684. The average Bonchev–Trinajstić information content (AvgIpc) is 2.79. The fourth-order valence-electron chi connectivity index (χ4n) is 2.91. The second kappa shape index (κ2) is 21.2. The van der Waals surface area contributed by atoms with Gasteiger partial charge in [-0.25, -0.2) is 0 Å². The van der Waals surface area contributed by atoms with Crippen LogP contribution in [0.15, 0.2) is 21.1 Å². The summed E-state index contributed by atoms with van der Waals surface area (Å²) >= 11 is 7.11. The number of halogens is 2. The van der Waals surface area contributed by atoms with Crippen molar-refractivity contribution in [2.24, 2.45) is 0 Å². The third-order valence-corrected chi connectivity index (χ3v) is 6.58. The molecule has 6 nitrogen and oxygen atoms in total. The molecule has 1 aromatic rings. The number of hydrogen-bond acceptors (Lipinski definition) is 6. The van der Waals surface area contributed by atoms with Gasteiger partial charge < -0.3 is 28.4 Å². The van der Waals surface area contributed by atoms with Crippen molar-refractivity contribution in [2.45, 2.75) is 51.4 Å². The molecular weight excluding hydrogens is 544 g/mol. The van der Waals surface area contributed by atoms with Gasteiger partial charge in [-0.05, 0) is 82.5 Å². The Balaban J connectivity index is 2.19. The molecule has 8 heteroatoms. The van der Waals surface area contributed by atoms with E-state index >= 15 is 0 Å². The highest BCUT2D eigenvalue weighted by atomic mass is 79.9. The lowest BCUT2D eigenvalue weighted by Gasteiger charge is -2.14. The molecule has 0 saturated heterocycles. The van der Waals surface area contributed by atoms with Crippen LogP contribution < -0.4 is 9.47 Å². The van der Waals surface area contributed by atoms with E-state index in [0.29, 0.717) is 39.6 Å².